The first-order chi connectivity index (χ1) is 22.7. The minimum atomic E-state index is -1.18. The summed E-state index contributed by atoms with van der Waals surface area (Å²) in [6.45, 7) is 9.69. The molecule has 7 aliphatic rings. The number of carbonyl (C=O) groups excluding carboxylic acids is 2. The molecule has 6 aliphatic carbocycles. The number of nitrogens with zero attached hydrogens (tertiary/aromatic N) is 1. The zero-order valence-corrected chi connectivity index (χ0v) is 29.6. The number of benzene rings is 1. The molecular formula is C39H52ClFN2O5. The minimum Gasteiger partial charge on any atom is -0.393 e. The molecule has 4 fully saturated rings. The minimum absolute atomic E-state index is 0.0494. The molecule has 1 aliphatic heterocycles. The maximum atomic E-state index is 15.1. The fraction of sp³-hybridized carbons (Fsp3) is 0.692. The maximum absolute atomic E-state index is 15.1. The second-order valence-electron chi connectivity index (χ2n) is 16.7. The smallest absolute Gasteiger partial charge is 0.317 e. The van der Waals surface area contributed by atoms with Crippen LogP contribution in [0.25, 0.3) is 0 Å². The molecule has 48 heavy (non-hydrogen) atoms. The second kappa shape index (κ2) is 11.9. The summed E-state index contributed by atoms with van der Waals surface area (Å²) in [7, 11) is 0. The van der Waals surface area contributed by atoms with Crippen molar-refractivity contribution in [3.05, 3.63) is 58.4 Å². The number of aliphatic hydroxyl groups excluding tert-OH is 1. The average Bonchev–Trinajstić information content (AvgIpc) is 3.63. The largest absolute Gasteiger partial charge is 0.393 e. The third-order valence-corrected chi connectivity index (χ3v) is 14.4. The fourth-order valence-electron chi connectivity index (χ4n) is 11.5. The Morgan fingerprint density at radius 3 is 2.52 bits per heavy atom. The Kier molecular flexibility index (Phi) is 8.49. The molecule has 9 atom stereocenters. The Morgan fingerprint density at radius 2 is 1.81 bits per heavy atom. The van der Waals surface area contributed by atoms with Crippen LogP contribution in [0.1, 0.15) is 91.0 Å². The Morgan fingerprint density at radius 1 is 1.08 bits per heavy atom. The number of fused-ring (bicyclic) bond motifs is 1. The summed E-state index contributed by atoms with van der Waals surface area (Å²) in [4.78, 5) is 30.0. The molecule has 2 amide bonds. The topological polar surface area (TPSA) is 99.1 Å². The first-order valence-corrected chi connectivity index (χ1v) is 18.5. The molecule has 7 nitrogen and oxygen atoms in total. The standard InChI is InChI=1S/C39H52ClFN2O5/c1-24(2)42-34(46)43(22-26-7-6-18-48-26)23-38(47)15-12-33-36(38,4)14-11-32-35(3)13-10-25(44)20-37(35)16-17-39(32,33)28(21-37)31(45)19-27-29(40)8-5-9-30(27)41/h5,8-9,16-17,21,24-26,32-33,44,47H,6-7,10-15,18-20,22-23H2,1-4H3,(H,42,46)/t25?,26-,32-,33-,35-,36+,37+,38-,39-/m1/s1. The molecule has 0 radical (unpaired) electrons. The molecule has 1 unspecified atom stereocenters. The summed E-state index contributed by atoms with van der Waals surface area (Å²) in [6, 6.07) is 4.27. The number of Topliss-reactive ketones (excluding diaryl/α,β-unsaturated/α-hetero) is 1. The number of allylic oxidation sites excluding steroid dienone is 4. The highest BCUT2D eigenvalue weighted by atomic mass is 35.5. The van der Waals surface area contributed by atoms with E-state index in [0.29, 0.717) is 38.0 Å². The van der Waals surface area contributed by atoms with E-state index in [-0.39, 0.29) is 64.8 Å². The number of hydrogen-bond acceptors (Lipinski definition) is 5. The van der Waals surface area contributed by atoms with Gasteiger partial charge in [0.2, 0.25) is 0 Å². The zero-order chi connectivity index (χ0) is 34.3. The first-order valence-electron chi connectivity index (χ1n) is 18.2. The lowest BCUT2D eigenvalue weighted by molar-refractivity contribution is -0.178. The number of nitrogens with one attached hydrogen (secondary N) is 1. The van der Waals surface area contributed by atoms with E-state index in [0.717, 1.165) is 38.5 Å². The van der Waals surface area contributed by atoms with Crippen LogP contribution >= 0.6 is 11.6 Å². The molecule has 1 aromatic carbocycles. The number of rotatable bonds is 8. The number of ketones is 1. The molecule has 1 saturated heterocycles. The third-order valence-electron chi connectivity index (χ3n) is 14.0. The van der Waals surface area contributed by atoms with Gasteiger partial charge in [0.25, 0.3) is 0 Å². The number of ether oxygens (including phenoxy) is 1. The van der Waals surface area contributed by atoms with Crippen molar-refractivity contribution in [3.8, 4) is 0 Å². The predicted molar refractivity (Wildman–Crippen MR) is 183 cm³/mol. The summed E-state index contributed by atoms with van der Waals surface area (Å²) < 4.78 is 21.0. The highest BCUT2D eigenvalue weighted by Gasteiger charge is 2.74. The van der Waals surface area contributed by atoms with Crippen LogP contribution in [0.3, 0.4) is 0 Å². The van der Waals surface area contributed by atoms with Gasteiger partial charge in [-0.15, -0.1) is 0 Å². The van der Waals surface area contributed by atoms with Crippen LogP contribution in [0.15, 0.2) is 42.0 Å². The Balaban J connectivity index is 1.29. The number of hydrogen-bond donors (Lipinski definition) is 3. The van der Waals surface area contributed by atoms with Gasteiger partial charge in [-0.2, -0.15) is 0 Å². The van der Waals surface area contributed by atoms with Gasteiger partial charge in [-0.05, 0) is 101 Å². The molecule has 9 heteroatoms. The van der Waals surface area contributed by atoms with Crippen LogP contribution in [-0.4, -0.2) is 70.5 Å². The average molecular weight is 683 g/mol. The lowest BCUT2D eigenvalue weighted by Crippen LogP contribution is -2.67. The van der Waals surface area contributed by atoms with Gasteiger partial charge in [-0.3, -0.25) is 4.79 Å². The van der Waals surface area contributed by atoms with E-state index in [9.17, 15) is 19.8 Å². The van der Waals surface area contributed by atoms with Gasteiger partial charge in [0.15, 0.2) is 5.78 Å². The molecular weight excluding hydrogens is 631 g/mol. The highest BCUT2D eigenvalue weighted by molar-refractivity contribution is 6.31. The van der Waals surface area contributed by atoms with E-state index in [1.807, 2.05) is 13.8 Å². The Hall–Kier alpha value is -2.26. The van der Waals surface area contributed by atoms with E-state index in [1.54, 1.807) is 17.0 Å². The molecule has 2 spiro atoms. The van der Waals surface area contributed by atoms with Gasteiger partial charge in [0.05, 0.1) is 24.4 Å². The molecule has 3 saturated carbocycles. The lowest BCUT2D eigenvalue weighted by atomic mass is 9.32. The molecule has 0 aromatic heterocycles. The molecule has 8 rings (SSSR count). The van der Waals surface area contributed by atoms with Crippen molar-refractivity contribution in [3.63, 3.8) is 0 Å². The van der Waals surface area contributed by atoms with Gasteiger partial charge in [-0.1, -0.05) is 49.7 Å². The summed E-state index contributed by atoms with van der Waals surface area (Å²) in [5.41, 5.74) is -2.20. The molecule has 1 aromatic rings. The van der Waals surface area contributed by atoms with Gasteiger partial charge >= 0.3 is 6.03 Å². The first kappa shape index (κ1) is 34.2. The highest BCUT2D eigenvalue weighted by Crippen LogP contribution is 2.78. The van der Waals surface area contributed by atoms with Crippen molar-refractivity contribution < 1.29 is 28.9 Å². The van der Waals surface area contributed by atoms with Crippen LogP contribution in [0.4, 0.5) is 9.18 Å². The van der Waals surface area contributed by atoms with Crippen LogP contribution in [0.2, 0.25) is 5.02 Å². The van der Waals surface area contributed by atoms with Gasteiger partial charge in [-0.25, -0.2) is 9.18 Å². The van der Waals surface area contributed by atoms with Crippen molar-refractivity contribution in [2.45, 2.75) is 116 Å². The summed E-state index contributed by atoms with van der Waals surface area (Å²) in [6.07, 6.45) is 12.8. The second-order valence-corrected chi connectivity index (χ2v) is 17.1. The van der Waals surface area contributed by atoms with Crippen molar-refractivity contribution >= 4 is 23.4 Å². The van der Waals surface area contributed by atoms with Crippen molar-refractivity contribution in [1.82, 2.24) is 10.2 Å². The Labute approximate surface area is 289 Å². The van der Waals surface area contributed by atoms with Crippen LogP contribution in [0.5, 0.6) is 0 Å². The number of carbonyl (C=O) groups is 2. The van der Waals surface area contributed by atoms with E-state index < -0.39 is 33.8 Å². The van der Waals surface area contributed by atoms with Gasteiger partial charge in [0, 0.05) is 58.0 Å². The summed E-state index contributed by atoms with van der Waals surface area (Å²) in [5.74, 6) is -0.590. The van der Waals surface area contributed by atoms with Crippen LogP contribution in [-0.2, 0) is 16.0 Å². The number of amides is 2. The number of urea groups is 1. The molecule has 3 N–H and O–H groups in total. The molecule has 2 bridgehead atoms. The van der Waals surface area contributed by atoms with E-state index >= 15 is 4.39 Å². The van der Waals surface area contributed by atoms with Crippen LogP contribution < -0.4 is 5.32 Å². The van der Waals surface area contributed by atoms with Crippen LogP contribution in [0, 0.1) is 39.3 Å². The quantitative estimate of drug-likeness (QED) is 0.263. The number of halogens is 2. The van der Waals surface area contributed by atoms with Crippen molar-refractivity contribution in [1.29, 1.82) is 0 Å². The SMILES string of the molecule is CC(C)NC(=O)N(C[C@H]1CCCO1)C[C@]1(O)CC[C@H]2[C@]34C=C[C@@]5(C=C3C(=O)Cc3c(F)cccc3Cl)CC(O)CC[C@]5(C)[C@H]4CC[C@@]21C. The predicted octanol–water partition coefficient (Wildman–Crippen LogP) is 6.78. The maximum Gasteiger partial charge on any atom is 0.317 e. The zero-order valence-electron chi connectivity index (χ0n) is 28.9. The Bertz CT molecular complexity index is 1520. The summed E-state index contributed by atoms with van der Waals surface area (Å²) in [5, 5.41) is 27.1. The van der Waals surface area contributed by atoms with Gasteiger partial charge in [0.1, 0.15) is 5.82 Å². The molecule has 1 heterocycles. The third kappa shape index (κ3) is 4.97. The van der Waals surface area contributed by atoms with E-state index in [4.69, 9.17) is 16.3 Å². The normalized spacial score (nSPS) is 41.1. The van der Waals surface area contributed by atoms with Gasteiger partial charge < -0.3 is 25.2 Å². The monoisotopic (exact) mass is 682 g/mol. The van der Waals surface area contributed by atoms with Crippen molar-refractivity contribution in [2.24, 2.45) is 33.5 Å². The van der Waals surface area contributed by atoms with E-state index in [2.05, 4.69) is 37.4 Å². The fourth-order valence-corrected chi connectivity index (χ4v) is 11.8. The summed E-state index contributed by atoms with van der Waals surface area (Å²) >= 11 is 6.45. The van der Waals surface area contributed by atoms with Crippen molar-refractivity contribution in [2.75, 3.05) is 19.7 Å². The number of aliphatic hydroxyl groups is 2. The lowest BCUT2D eigenvalue weighted by Gasteiger charge is -2.71. The molecule has 262 valence electrons. The van der Waals surface area contributed by atoms with E-state index in [1.165, 1.54) is 6.07 Å².